The first-order valence-corrected chi connectivity index (χ1v) is 10.3. The van der Waals surface area contributed by atoms with Crippen molar-refractivity contribution >= 4 is 34.1 Å². The number of nitrogens with zero attached hydrogens (tertiary/aromatic N) is 3. The Morgan fingerprint density at radius 3 is 2.29 bits per heavy atom. The quantitative estimate of drug-likeness (QED) is 0.454. The molecule has 2 aromatic carbocycles. The molecule has 0 radical (unpaired) electrons. The summed E-state index contributed by atoms with van der Waals surface area (Å²) in [7, 11) is 0. The van der Waals surface area contributed by atoms with Gasteiger partial charge in [-0.25, -0.2) is 0 Å². The summed E-state index contributed by atoms with van der Waals surface area (Å²) in [6.45, 7) is 0. The zero-order valence-corrected chi connectivity index (χ0v) is 16.4. The lowest BCUT2D eigenvalue weighted by Crippen LogP contribution is -2.18. The zero-order chi connectivity index (χ0) is 19.2. The van der Waals surface area contributed by atoms with Crippen molar-refractivity contribution in [2.24, 2.45) is 0 Å². The molecule has 28 heavy (non-hydrogen) atoms. The zero-order valence-electron chi connectivity index (χ0n) is 14.7. The van der Waals surface area contributed by atoms with E-state index in [1.165, 1.54) is 23.1 Å². The van der Waals surface area contributed by atoms with Crippen LogP contribution in [0.25, 0.3) is 10.6 Å². The molecule has 0 saturated heterocycles. The summed E-state index contributed by atoms with van der Waals surface area (Å²) in [5.41, 5.74) is 1.86. The number of carbonyl (C=O) groups excluding carboxylic acids is 1. The Bertz CT molecular complexity index is 1040. The Balaban J connectivity index is 1.55. The maximum atomic E-state index is 13.1. The van der Waals surface area contributed by atoms with Crippen LogP contribution in [0, 0.1) is 0 Å². The molecule has 4 aromatic rings. The first-order valence-electron chi connectivity index (χ1n) is 8.61. The van der Waals surface area contributed by atoms with Crippen molar-refractivity contribution in [3.05, 3.63) is 90.8 Å². The number of anilines is 1. The third kappa shape index (κ3) is 4.44. The van der Waals surface area contributed by atoms with E-state index in [1.807, 2.05) is 72.8 Å². The van der Waals surface area contributed by atoms with E-state index < -0.39 is 5.25 Å². The van der Waals surface area contributed by atoms with Crippen LogP contribution in [0.3, 0.4) is 0 Å². The van der Waals surface area contributed by atoms with E-state index in [1.54, 1.807) is 12.4 Å². The van der Waals surface area contributed by atoms with Gasteiger partial charge in [-0.15, -0.1) is 22.0 Å². The topological polar surface area (TPSA) is 67.8 Å². The lowest BCUT2D eigenvalue weighted by molar-refractivity contribution is -0.115. The number of pyridine rings is 1. The summed E-state index contributed by atoms with van der Waals surface area (Å²) < 4.78 is 0. The molecule has 0 aliphatic carbocycles. The van der Waals surface area contributed by atoms with Gasteiger partial charge in [-0.1, -0.05) is 59.9 Å². The Morgan fingerprint density at radius 2 is 1.57 bits per heavy atom. The average Bonchev–Trinajstić information content (AvgIpc) is 3.22. The molecule has 0 spiro atoms. The molecule has 1 amide bonds. The van der Waals surface area contributed by atoms with Gasteiger partial charge in [0.25, 0.3) is 0 Å². The van der Waals surface area contributed by atoms with Crippen LogP contribution in [-0.2, 0) is 4.79 Å². The highest BCUT2D eigenvalue weighted by Crippen LogP contribution is 2.36. The molecule has 0 aliphatic rings. The molecule has 0 fully saturated rings. The Labute approximate surface area is 170 Å². The lowest BCUT2D eigenvalue weighted by atomic mass is 10.1. The fourth-order valence-corrected chi connectivity index (χ4v) is 4.39. The first-order chi connectivity index (χ1) is 13.8. The van der Waals surface area contributed by atoms with Gasteiger partial charge in [-0.05, 0) is 29.8 Å². The summed E-state index contributed by atoms with van der Waals surface area (Å²) in [5.74, 6) is -0.127. The summed E-state index contributed by atoms with van der Waals surface area (Å²) in [6, 6.07) is 23.4. The van der Waals surface area contributed by atoms with Crippen LogP contribution < -0.4 is 5.32 Å². The van der Waals surface area contributed by atoms with Gasteiger partial charge < -0.3 is 0 Å². The summed E-state index contributed by atoms with van der Waals surface area (Å²) >= 11 is 2.85. The van der Waals surface area contributed by atoms with Crippen molar-refractivity contribution in [2.75, 3.05) is 5.32 Å². The molecule has 0 bridgehead atoms. The van der Waals surface area contributed by atoms with Gasteiger partial charge in [0.15, 0.2) is 0 Å². The van der Waals surface area contributed by atoms with Crippen molar-refractivity contribution in [1.29, 1.82) is 0 Å². The van der Waals surface area contributed by atoms with Crippen LogP contribution in [0.2, 0.25) is 0 Å². The second-order valence-electron chi connectivity index (χ2n) is 5.86. The van der Waals surface area contributed by atoms with Crippen molar-refractivity contribution in [2.45, 2.75) is 10.1 Å². The second kappa shape index (κ2) is 8.77. The lowest BCUT2D eigenvalue weighted by Gasteiger charge is -2.16. The van der Waals surface area contributed by atoms with Gasteiger partial charge >= 0.3 is 0 Å². The molecule has 138 valence electrons. The molecule has 2 heterocycles. The van der Waals surface area contributed by atoms with Gasteiger partial charge in [0, 0.05) is 22.9 Å². The third-order valence-corrected chi connectivity index (χ3v) is 6.07. The minimum Gasteiger partial charge on any atom is -0.299 e. The smallest absolute Gasteiger partial charge is 0.244 e. The molecule has 1 atom stereocenters. The second-order valence-corrected chi connectivity index (χ2v) is 8.02. The van der Waals surface area contributed by atoms with Gasteiger partial charge in [-0.3, -0.25) is 15.1 Å². The predicted octanol–water partition coefficient (Wildman–Crippen LogP) is 5.07. The molecule has 5 nitrogen and oxygen atoms in total. The van der Waals surface area contributed by atoms with E-state index in [0.717, 1.165) is 21.0 Å². The number of carbonyl (C=O) groups is 1. The summed E-state index contributed by atoms with van der Waals surface area (Å²) in [5, 5.41) is 12.0. The van der Waals surface area contributed by atoms with Crippen LogP contribution in [0.1, 0.15) is 10.8 Å². The average molecular weight is 405 g/mol. The number of rotatable bonds is 6. The molecule has 0 aliphatic heterocycles. The van der Waals surface area contributed by atoms with Crippen molar-refractivity contribution < 1.29 is 4.79 Å². The number of hydrogen-bond acceptors (Lipinski definition) is 6. The number of amides is 1. The third-order valence-electron chi connectivity index (χ3n) is 3.92. The number of nitrogens with one attached hydrogen (secondary N) is 1. The van der Waals surface area contributed by atoms with Gasteiger partial charge in [0.05, 0.1) is 0 Å². The fourth-order valence-electron chi connectivity index (χ4n) is 2.59. The van der Waals surface area contributed by atoms with Crippen molar-refractivity contribution in [3.63, 3.8) is 0 Å². The molecule has 7 heteroatoms. The highest BCUT2D eigenvalue weighted by Gasteiger charge is 2.23. The molecule has 0 saturated carbocycles. The summed E-state index contributed by atoms with van der Waals surface area (Å²) in [4.78, 5) is 18.1. The molecule has 1 unspecified atom stereocenters. The summed E-state index contributed by atoms with van der Waals surface area (Å²) in [6.07, 6.45) is 3.41. The van der Waals surface area contributed by atoms with Crippen molar-refractivity contribution in [1.82, 2.24) is 15.2 Å². The molecule has 4 rings (SSSR count). The van der Waals surface area contributed by atoms with Crippen molar-refractivity contribution in [3.8, 4) is 10.6 Å². The van der Waals surface area contributed by atoms with E-state index in [9.17, 15) is 4.79 Å². The normalized spacial score (nSPS) is 11.7. The standard InChI is InChI=1S/C21H16N4OS2/c26-19(23-21-25-24-20(28-21)16-11-13-22-14-12-16)18(15-7-3-1-4-8-15)27-17-9-5-2-6-10-17/h1-14,18H,(H,23,25,26). The number of thioether (sulfide) groups is 1. The largest absolute Gasteiger partial charge is 0.299 e. The van der Waals surface area contributed by atoms with Crippen LogP contribution in [-0.4, -0.2) is 21.1 Å². The van der Waals surface area contributed by atoms with Gasteiger partial charge in [0.1, 0.15) is 10.3 Å². The van der Waals surface area contributed by atoms with E-state index in [2.05, 4.69) is 20.5 Å². The Morgan fingerprint density at radius 1 is 0.893 bits per heavy atom. The maximum absolute atomic E-state index is 13.1. The van der Waals surface area contributed by atoms with E-state index >= 15 is 0 Å². The molecular formula is C21H16N4OS2. The van der Waals surface area contributed by atoms with E-state index in [0.29, 0.717) is 5.13 Å². The van der Waals surface area contributed by atoms with E-state index in [4.69, 9.17) is 0 Å². The molecular weight excluding hydrogens is 388 g/mol. The SMILES string of the molecule is O=C(Nc1nnc(-c2ccncc2)s1)C(Sc1ccccc1)c1ccccc1. The van der Waals surface area contributed by atoms with E-state index in [-0.39, 0.29) is 5.91 Å². The van der Waals surface area contributed by atoms with Crippen LogP contribution >= 0.6 is 23.1 Å². The molecule has 2 aromatic heterocycles. The monoisotopic (exact) mass is 404 g/mol. The molecule has 1 N–H and O–H groups in total. The minimum atomic E-state index is -0.392. The number of benzene rings is 2. The maximum Gasteiger partial charge on any atom is 0.244 e. The van der Waals surface area contributed by atoms with Crippen LogP contribution in [0.15, 0.2) is 90.1 Å². The van der Waals surface area contributed by atoms with Gasteiger partial charge in [0.2, 0.25) is 11.0 Å². The number of hydrogen-bond donors (Lipinski definition) is 1. The predicted molar refractivity (Wildman–Crippen MR) is 113 cm³/mol. The highest BCUT2D eigenvalue weighted by molar-refractivity contribution is 8.00. The number of aromatic nitrogens is 3. The minimum absolute atomic E-state index is 0.127. The Kier molecular flexibility index (Phi) is 5.75. The van der Waals surface area contributed by atoms with Crippen LogP contribution in [0.5, 0.6) is 0 Å². The fraction of sp³-hybridized carbons (Fsp3) is 0.0476. The van der Waals surface area contributed by atoms with Crippen LogP contribution in [0.4, 0.5) is 5.13 Å². The first kappa shape index (κ1) is 18.3. The Hall–Kier alpha value is -3.03. The highest BCUT2D eigenvalue weighted by atomic mass is 32.2. The van der Waals surface area contributed by atoms with Gasteiger partial charge in [-0.2, -0.15) is 0 Å².